The van der Waals surface area contributed by atoms with Gasteiger partial charge in [0.1, 0.15) is 11.0 Å². The van der Waals surface area contributed by atoms with Gasteiger partial charge in [0.25, 0.3) is 5.56 Å². The molecule has 0 aliphatic carbocycles. The summed E-state index contributed by atoms with van der Waals surface area (Å²) in [5.41, 5.74) is 1.41. The number of allylic oxidation sites excluding steroid dienone is 1. The van der Waals surface area contributed by atoms with Gasteiger partial charge in [-0.3, -0.25) is 4.79 Å². The van der Waals surface area contributed by atoms with E-state index in [-0.39, 0.29) is 12.1 Å². The summed E-state index contributed by atoms with van der Waals surface area (Å²) < 4.78 is 10.7. The summed E-state index contributed by atoms with van der Waals surface area (Å²) in [5, 5.41) is 15.3. The molecule has 0 unspecified atom stereocenters. The number of nitrogens with one attached hydrogen (secondary N) is 1. The molecule has 2 N–H and O–H groups in total. The minimum atomic E-state index is -1.15. The van der Waals surface area contributed by atoms with Crippen LogP contribution in [0.15, 0.2) is 72.3 Å². The molecule has 0 amide bonds. The Morgan fingerprint density at radius 1 is 1.22 bits per heavy atom. The van der Waals surface area contributed by atoms with Crippen LogP contribution in [0.1, 0.15) is 25.6 Å². The van der Waals surface area contributed by atoms with Gasteiger partial charge < -0.3 is 19.7 Å². The van der Waals surface area contributed by atoms with Crippen LogP contribution < -0.4 is 10.9 Å². The van der Waals surface area contributed by atoms with E-state index in [0.717, 1.165) is 16.6 Å². The topological polar surface area (TPSA) is 112 Å². The van der Waals surface area contributed by atoms with Gasteiger partial charge in [0.2, 0.25) is 5.95 Å². The first-order valence-corrected chi connectivity index (χ1v) is 12.1. The second-order valence-corrected chi connectivity index (χ2v) is 9.67. The minimum absolute atomic E-state index is 0.251. The molecule has 37 heavy (non-hydrogen) atoms. The van der Waals surface area contributed by atoms with Gasteiger partial charge in [-0.05, 0) is 49.6 Å². The molecule has 0 atom stereocenters. The van der Waals surface area contributed by atoms with Crippen LogP contribution in [0.2, 0.25) is 0 Å². The van der Waals surface area contributed by atoms with Crippen molar-refractivity contribution in [2.75, 3.05) is 18.5 Å². The van der Waals surface area contributed by atoms with Crippen LogP contribution in [0.25, 0.3) is 27.8 Å². The summed E-state index contributed by atoms with van der Waals surface area (Å²) in [6.45, 7) is 8.80. The number of fused-ring (bicyclic) bond motifs is 2. The number of hydrogen-bond acceptors (Lipinski definition) is 7. The van der Waals surface area contributed by atoms with Crippen molar-refractivity contribution in [1.82, 2.24) is 28.9 Å². The van der Waals surface area contributed by atoms with Gasteiger partial charge in [-0.2, -0.15) is 4.98 Å². The van der Waals surface area contributed by atoms with E-state index in [4.69, 9.17) is 9.72 Å². The molecule has 5 heterocycles. The Morgan fingerprint density at radius 3 is 2.78 bits per heavy atom. The first kappa shape index (κ1) is 23.1. The number of aromatic nitrogens is 6. The Morgan fingerprint density at radius 2 is 2.05 bits per heavy atom. The van der Waals surface area contributed by atoms with E-state index in [1.165, 1.54) is 10.9 Å². The zero-order valence-corrected chi connectivity index (χ0v) is 20.6. The molecule has 5 aromatic rings. The second-order valence-electron chi connectivity index (χ2n) is 9.67. The monoisotopic (exact) mass is 497 g/mol. The fourth-order valence-electron chi connectivity index (χ4n) is 4.55. The second kappa shape index (κ2) is 8.68. The van der Waals surface area contributed by atoms with Gasteiger partial charge in [0.15, 0.2) is 11.5 Å². The van der Waals surface area contributed by atoms with Gasteiger partial charge in [-0.1, -0.05) is 18.2 Å². The van der Waals surface area contributed by atoms with Crippen molar-refractivity contribution in [1.29, 1.82) is 0 Å². The van der Waals surface area contributed by atoms with Crippen LogP contribution in [0.5, 0.6) is 0 Å². The van der Waals surface area contributed by atoms with Crippen molar-refractivity contribution >= 4 is 33.6 Å². The Labute approximate surface area is 212 Å². The molecule has 1 fully saturated rings. The van der Waals surface area contributed by atoms with Crippen LogP contribution in [0, 0.1) is 0 Å². The van der Waals surface area contributed by atoms with Crippen LogP contribution in [0.3, 0.4) is 0 Å². The molecule has 0 saturated carbocycles. The first-order chi connectivity index (χ1) is 17.8. The van der Waals surface area contributed by atoms with Crippen LogP contribution in [0.4, 0.5) is 11.6 Å². The average molecular weight is 498 g/mol. The maximum atomic E-state index is 13.2. The predicted octanol–water partition coefficient (Wildman–Crippen LogP) is 3.66. The third kappa shape index (κ3) is 4.00. The van der Waals surface area contributed by atoms with E-state index in [9.17, 15) is 9.90 Å². The minimum Gasteiger partial charge on any atom is -0.384 e. The van der Waals surface area contributed by atoms with Crippen molar-refractivity contribution < 1.29 is 9.84 Å². The summed E-state index contributed by atoms with van der Waals surface area (Å²) in [4.78, 5) is 27.0. The molecule has 10 heteroatoms. The predicted molar refractivity (Wildman–Crippen MR) is 141 cm³/mol. The molecule has 1 aromatic carbocycles. The largest absolute Gasteiger partial charge is 0.384 e. The molecule has 1 saturated heterocycles. The maximum absolute atomic E-state index is 13.2. The number of ether oxygens (including phenoxy) is 1. The number of anilines is 2. The lowest BCUT2D eigenvalue weighted by atomic mass is 10.1. The molecule has 1 aliphatic rings. The zero-order valence-electron chi connectivity index (χ0n) is 20.6. The van der Waals surface area contributed by atoms with E-state index in [1.54, 1.807) is 42.8 Å². The van der Waals surface area contributed by atoms with E-state index < -0.39 is 5.60 Å². The molecular weight excluding hydrogens is 470 g/mol. The van der Waals surface area contributed by atoms with Gasteiger partial charge in [-0.25, -0.2) is 19.3 Å². The van der Waals surface area contributed by atoms with Crippen LogP contribution in [-0.4, -0.2) is 47.2 Å². The first-order valence-electron chi connectivity index (χ1n) is 12.1. The average Bonchev–Trinajstić information content (AvgIpc) is 3.36. The SMILES string of the molecule is C=CCn1c(=O)c2cnc(Nc3ccc4ccn(C5COC5)c4c3)nc2n1-c1cccc(C(C)(C)O)n1. The third-order valence-electron chi connectivity index (χ3n) is 6.55. The van der Waals surface area contributed by atoms with Crippen molar-refractivity contribution in [2.45, 2.75) is 32.0 Å². The zero-order chi connectivity index (χ0) is 25.7. The number of benzene rings is 1. The Bertz CT molecular complexity index is 1700. The number of rotatable bonds is 7. The molecule has 0 spiro atoms. The summed E-state index contributed by atoms with van der Waals surface area (Å²) in [7, 11) is 0. The summed E-state index contributed by atoms with van der Waals surface area (Å²) in [6.07, 6.45) is 5.25. The van der Waals surface area contributed by atoms with E-state index >= 15 is 0 Å². The van der Waals surface area contributed by atoms with Crippen molar-refractivity contribution in [3.63, 3.8) is 0 Å². The molecule has 6 rings (SSSR count). The molecular formula is C27H27N7O3. The lowest BCUT2D eigenvalue weighted by molar-refractivity contribution is -0.0213. The molecule has 10 nitrogen and oxygen atoms in total. The lowest BCUT2D eigenvalue weighted by Crippen LogP contribution is -2.29. The highest BCUT2D eigenvalue weighted by atomic mass is 16.5. The summed E-state index contributed by atoms with van der Waals surface area (Å²) >= 11 is 0. The van der Waals surface area contributed by atoms with Crippen molar-refractivity contribution in [3.05, 3.63) is 83.6 Å². The molecule has 4 aromatic heterocycles. The standard InChI is InChI=1S/C27H27N7O3/c1-4-11-33-25(35)20-14-28-26(31-24(20)34(33)23-7-5-6-22(30-23)27(2,3)36)29-18-9-8-17-10-12-32(21(17)13-18)19-15-37-16-19/h4-10,12-14,19,36H,1,11,15-16H2,2-3H3,(H,28,29,31). The normalized spacial score (nSPS) is 14.2. The van der Waals surface area contributed by atoms with Gasteiger partial charge in [0.05, 0.1) is 37.0 Å². The number of nitrogens with zero attached hydrogens (tertiary/aromatic N) is 6. The Hall–Kier alpha value is -4.28. The lowest BCUT2D eigenvalue weighted by Gasteiger charge is -2.28. The highest BCUT2D eigenvalue weighted by molar-refractivity contribution is 5.85. The van der Waals surface area contributed by atoms with Gasteiger partial charge in [0, 0.05) is 18.1 Å². The Kier molecular flexibility index (Phi) is 5.43. The Balaban J connectivity index is 1.45. The molecule has 0 bridgehead atoms. The summed E-state index contributed by atoms with van der Waals surface area (Å²) in [6, 6.07) is 13.8. The van der Waals surface area contributed by atoms with E-state index in [2.05, 4.69) is 50.8 Å². The van der Waals surface area contributed by atoms with E-state index in [0.29, 0.717) is 47.7 Å². The smallest absolute Gasteiger partial charge is 0.278 e. The van der Waals surface area contributed by atoms with Crippen molar-refractivity contribution in [3.8, 4) is 5.82 Å². The highest BCUT2D eigenvalue weighted by Gasteiger charge is 2.23. The molecule has 0 radical (unpaired) electrons. The highest BCUT2D eigenvalue weighted by Crippen LogP contribution is 2.28. The van der Waals surface area contributed by atoms with E-state index in [1.807, 2.05) is 6.07 Å². The quantitative estimate of drug-likeness (QED) is 0.330. The fraction of sp³-hybridized carbons (Fsp3) is 0.259. The van der Waals surface area contributed by atoms with Crippen molar-refractivity contribution in [2.24, 2.45) is 0 Å². The number of pyridine rings is 1. The van der Waals surface area contributed by atoms with Crippen LogP contribution in [-0.2, 0) is 16.9 Å². The molecule has 188 valence electrons. The number of aliphatic hydroxyl groups is 1. The summed E-state index contributed by atoms with van der Waals surface area (Å²) in [5.74, 6) is 0.806. The number of hydrogen-bond donors (Lipinski definition) is 2. The third-order valence-corrected chi connectivity index (χ3v) is 6.55. The van der Waals surface area contributed by atoms with Crippen LogP contribution >= 0.6 is 0 Å². The van der Waals surface area contributed by atoms with Gasteiger partial charge in [-0.15, -0.1) is 6.58 Å². The van der Waals surface area contributed by atoms with Gasteiger partial charge >= 0.3 is 0 Å². The fourth-order valence-corrected chi connectivity index (χ4v) is 4.55. The molecule has 1 aliphatic heterocycles. The maximum Gasteiger partial charge on any atom is 0.278 e.